The van der Waals surface area contributed by atoms with Crippen molar-refractivity contribution in [1.29, 1.82) is 0 Å². The lowest BCUT2D eigenvalue weighted by Crippen LogP contribution is -2.51. The number of fused-ring (bicyclic) bond motifs is 1. The van der Waals surface area contributed by atoms with Crippen molar-refractivity contribution in [3.63, 3.8) is 0 Å². The van der Waals surface area contributed by atoms with Crippen LogP contribution in [0.2, 0.25) is 0 Å². The van der Waals surface area contributed by atoms with Gasteiger partial charge in [-0.3, -0.25) is 9.59 Å². The summed E-state index contributed by atoms with van der Waals surface area (Å²) >= 11 is 0. The zero-order valence-electron chi connectivity index (χ0n) is 14.0. The van der Waals surface area contributed by atoms with Crippen molar-refractivity contribution in [3.05, 3.63) is 12.2 Å². The van der Waals surface area contributed by atoms with Crippen LogP contribution in [0.3, 0.4) is 0 Å². The van der Waals surface area contributed by atoms with E-state index in [9.17, 15) is 19.8 Å². The Morgan fingerprint density at radius 1 is 1.29 bits per heavy atom. The third-order valence-corrected chi connectivity index (χ3v) is 8.24. The first kappa shape index (κ1) is 14.9. The Morgan fingerprint density at radius 3 is 2.75 bits per heavy atom. The minimum atomic E-state index is -0.883. The molecular formula is C19H24O5. The zero-order valence-corrected chi connectivity index (χ0v) is 14.0. The van der Waals surface area contributed by atoms with E-state index in [0.29, 0.717) is 18.8 Å². The number of hydrogen-bond donors (Lipinski definition) is 2. The maximum Gasteiger partial charge on any atom is 0.312 e. The first-order chi connectivity index (χ1) is 11.2. The lowest BCUT2D eigenvalue weighted by molar-refractivity contribution is -0.161. The number of carbonyl (C=O) groups excluding carboxylic acids is 1. The molecule has 0 aromatic heterocycles. The number of rotatable bonds is 1. The number of hydrogen-bond acceptors (Lipinski definition) is 4. The molecule has 1 heterocycles. The van der Waals surface area contributed by atoms with Gasteiger partial charge in [-0.2, -0.15) is 0 Å². The molecule has 1 unspecified atom stereocenters. The number of ether oxygens (including phenoxy) is 1. The molecule has 2 N–H and O–H groups in total. The fourth-order valence-electron chi connectivity index (χ4n) is 7.78. The van der Waals surface area contributed by atoms with Crippen molar-refractivity contribution in [1.82, 2.24) is 0 Å². The summed E-state index contributed by atoms with van der Waals surface area (Å²) in [6, 6.07) is 0. The molecule has 0 amide bonds. The number of carboxylic acid groups (broad SMARTS) is 1. The number of aliphatic hydroxyl groups excluding tert-OH is 1. The van der Waals surface area contributed by atoms with Gasteiger partial charge < -0.3 is 14.9 Å². The van der Waals surface area contributed by atoms with E-state index >= 15 is 0 Å². The van der Waals surface area contributed by atoms with Gasteiger partial charge in [-0.15, -0.1) is 0 Å². The molecular weight excluding hydrogens is 308 g/mol. The summed E-state index contributed by atoms with van der Waals surface area (Å²) in [7, 11) is 0. The standard InChI is InChI=1S/C19H24O5/c1-9-5-18-6-10(9)3-4-12(18)19-8-11(20)7-17(2,16(23)24-19)14(19)13(18)15(21)22/h10-14,20H,1,3-8H2,2H3,(H,21,22)/t10?,11-,12+,13+,14+,17+,18-,19+/m0/s1. The topological polar surface area (TPSA) is 83.8 Å². The van der Waals surface area contributed by atoms with E-state index in [1.165, 1.54) is 5.57 Å². The SMILES string of the molecule is C=C1C[C@]23CC1CC[C@H]2[C@@]12C[C@@H](O)C[C@@](C)(C(=O)O1)[C@H]2[C@@H]3C(=O)O. The summed E-state index contributed by atoms with van der Waals surface area (Å²) in [5, 5.41) is 20.6. The van der Waals surface area contributed by atoms with E-state index in [4.69, 9.17) is 4.74 Å². The average molecular weight is 332 g/mol. The number of esters is 1. The first-order valence-corrected chi connectivity index (χ1v) is 9.06. The minimum Gasteiger partial charge on any atom is -0.481 e. The Bertz CT molecular complexity index is 685. The number of carboxylic acids is 1. The Hall–Kier alpha value is -1.36. The van der Waals surface area contributed by atoms with Crippen LogP contribution < -0.4 is 0 Å². The number of aliphatic carboxylic acids is 1. The van der Waals surface area contributed by atoms with Gasteiger partial charge >= 0.3 is 11.9 Å². The predicted octanol–water partition coefficient (Wildman–Crippen LogP) is 2.14. The van der Waals surface area contributed by atoms with Crippen molar-refractivity contribution in [2.75, 3.05) is 0 Å². The molecule has 0 aromatic rings. The molecule has 4 aliphatic carbocycles. The molecule has 4 saturated carbocycles. The summed E-state index contributed by atoms with van der Waals surface area (Å²) in [6.07, 6.45) is 3.58. The second-order valence-electron chi connectivity index (χ2n) is 9.22. The van der Waals surface area contributed by atoms with Crippen molar-refractivity contribution < 1.29 is 24.5 Å². The second kappa shape index (κ2) is 4.06. The van der Waals surface area contributed by atoms with Crippen LogP contribution in [0.4, 0.5) is 0 Å². The van der Waals surface area contributed by atoms with Crippen molar-refractivity contribution in [2.24, 2.45) is 34.5 Å². The molecule has 5 nitrogen and oxygen atoms in total. The highest BCUT2D eigenvalue weighted by Gasteiger charge is 2.82. The molecule has 0 aromatic carbocycles. The van der Waals surface area contributed by atoms with Gasteiger partial charge in [-0.25, -0.2) is 0 Å². The van der Waals surface area contributed by atoms with Gasteiger partial charge in [-0.05, 0) is 50.4 Å². The molecule has 5 aliphatic rings. The molecule has 5 rings (SSSR count). The number of aliphatic hydroxyl groups is 1. The maximum atomic E-state index is 12.7. The Morgan fingerprint density at radius 2 is 2.04 bits per heavy atom. The van der Waals surface area contributed by atoms with Crippen LogP contribution in [0.15, 0.2) is 12.2 Å². The zero-order chi connectivity index (χ0) is 17.1. The predicted molar refractivity (Wildman–Crippen MR) is 83.8 cm³/mol. The molecule has 0 radical (unpaired) electrons. The van der Waals surface area contributed by atoms with E-state index in [1.807, 2.05) is 6.92 Å². The summed E-state index contributed by atoms with van der Waals surface area (Å²) < 4.78 is 6.01. The van der Waals surface area contributed by atoms with Crippen LogP contribution in [0.5, 0.6) is 0 Å². The van der Waals surface area contributed by atoms with Gasteiger partial charge in [-0.1, -0.05) is 12.2 Å². The highest BCUT2D eigenvalue weighted by molar-refractivity contribution is 5.84. The van der Waals surface area contributed by atoms with E-state index < -0.39 is 29.0 Å². The van der Waals surface area contributed by atoms with Crippen molar-refractivity contribution in [2.45, 2.75) is 57.2 Å². The molecule has 1 spiro atoms. The maximum absolute atomic E-state index is 12.7. The van der Waals surface area contributed by atoms with Crippen LogP contribution in [0, 0.1) is 34.5 Å². The Kier molecular flexibility index (Phi) is 2.53. The van der Waals surface area contributed by atoms with Gasteiger partial charge in [0.25, 0.3) is 0 Å². The quantitative estimate of drug-likeness (QED) is 0.568. The summed E-state index contributed by atoms with van der Waals surface area (Å²) in [5.74, 6) is -1.56. The highest BCUT2D eigenvalue weighted by atomic mass is 16.6. The number of allylic oxidation sites excluding steroid dienone is 1. The van der Waals surface area contributed by atoms with Crippen molar-refractivity contribution in [3.8, 4) is 0 Å². The van der Waals surface area contributed by atoms with Crippen LogP contribution in [-0.4, -0.2) is 33.9 Å². The Labute approximate surface area is 141 Å². The minimum absolute atomic E-state index is 0.0346. The molecule has 8 atom stereocenters. The largest absolute Gasteiger partial charge is 0.481 e. The lowest BCUT2D eigenvalue weighted by atomic mass is 9.59. The first-order valence-electron chi connectivity index (χ1n) is 9.06. The monoisotopic (exact) mass is 332 g/mol. The molecule has 24 heavy (non-hydrogen) atoms. The van der Waals surface area contributed by atoms with E-state index in [2.05, 4.69) is 6.58 Å². The summed E-state index contributed by atoms with van der Waals surface area (Å²) in [4.78, 5) is 25.1. The fraction of sp³-hybridized carbons (Fsp3) is 0.789. The van der Waals surface area contributed by atoms with Crippen LogP contribution in [0.1, 0.15) is 45.4 Å². The molecule has 1 aliphatic heterocycles. The Balaban J connectivity index is 1.75. The van der Waals surface area contributed by atoms with Gasteiger partial charge in [0.15, 0.2) is 0 Å². The third-order valence-electron chi connectivity index (χ3n) is 8.24. The van der Waals surface area contributed by atoms with Crippen molar-refractivity contribution >= 4 is 11.9 Å². The van der Waals surface area contributed by atoms with Gasteiger partial charge in [0, 0.05) is 18.3 Å². The van der Waals surface area contributed by atoms with E-state index in [1.54, 1.807) is 0 Å². The number of carbonyl (C=O) groups is 2. The molecule has 1 saturated heterocycles. The fourth-order valence-corrected chi connectivity index (χ4v) is 7.78. The molecule has 5 heteroatoms. The van der Waals surface area contributed by atoms with Crippen LogP contribution >= 0.6 is 0 Å². The lowest BCUT2D eigenvalue weighted by Gasteiger charge is -2.44. The normalized spacial score (nSPS) is 57.5. The van der Waals surface area contributed by atoms with Crippen LogP contribution in [-0.2, 0) is 14.3 Å². The highest BCUT2D eigenvalue weighted by Crippen LogP contribution is 2.77. The van der Waals surface area contributed by atoms with Crippen LogP contribution in [0.25, 0.3) is 0 Å². The van der Waals surface area contributed by atoms with Gasteiger partial charge in [0.1, 0.15) is 5.60 Å². The average Bonchev–Trinajstić information content (AvgIpc) is 2.92. The summed E-state index contributed by atoms with van der Waals surface area (Å²) in [5.41, 5.74) is -0.844. The summed E-state index contributed by atoms with van der Waals surface area (Å²) in [6.45, 7) is 6.03. The van der Waals surface area contributed by atoms with E-state index in [-0.39, 0.29) is 23.2 Å². The van der Waals surface area contributed by atoms with Gasteiger partial charge in [0.05, 0.1) is 17.4 Å². The molecule has 5 fully saturated rings. The van der Waals surface area contributed by atoms with E-state index in [0.717, 1.165) is 25.7 Å². The van der Waals surface area contributed by atoms with Gasteiger partial charge in [0.2, 0.25) is 0 Å². The molecule has 130 valence electrons. The smallest absolute Gasteiger partial charge is 0.312 e. The molecule has 4 bridgehead atoms. The second-order valence-corrected chi connectivity index (χ2v) is 9.22. The third kappa shape index (κ3) is 1.36.